The maximum Gasteiger partial charge on any atom is 0.150 e. The molecule has 1 aliphatic carbocycles. The van der Waals surface area contributed by atoms with E-state index < -0.39 is 0 Å². The van der Waals surface area contributed by atoms with Gasteiger partial charge in [-0.15, -0.1) is 0 Å². The summed E-state index contributed by atoms with van der Waals surface area (Å²) in [5.41, 5.74) is 2.82. The van der Waals surface area contributed by atoms with E-state index >= 15 is 0 Å². The highest BCUT2D eigenvalue weighted by molar-refractivity contribution is 5.79. The minimum atomic E-state index is 0.696. The number of carbonyl (C=O) groups excluding carboxylic acids is 1. The van der Waals surface area contributed by atoms with Gasteiger partial charge in [-0.2, -0.15) is 0 Å². The number of carbonyl (C=O) groups is 1. The van der Waals surface area contributed by atoms with E-state index in [4.69, 9.17) is 4.74 Å². The van der Waals surface area contributed by atoms with Crippen molar-refractivity contribution in [2.45, 2.75) is 12.8 Å². The lowest BCUT2D eigenvalue weighted by molar-refractivity contribution is 0.112. The Hall–Kier alpha value is -2.09. The summed E-state index contributed by atoms with van der Waals surface area (Å²) in [5, 5.41) is 0. The molecule has 1 fully saturated rings. The molecule has 0 bridgehead atoms. The minimum Gasteiger partial charge on any atom is -0.493 e. The summed E-state index contributed by atoms with van der Waals surface area (Å²) >= 11 is 0. The fourth-order valence-corrected chi connectivity index (χ4v) is 2.06. The summed E-state index contributed by atoms with van der Waals surface area (Å²) in [4.78, 5) is 10.8. The molecule has 96 valence electrons. The van der Waals surface area contributed by atoms with Crippen molar-refractivity contribution < 1.29 is 9.53 Å². The molecule has 1 saturated carbocycles. The largest absolute Gasteiger partial charge is 0.493 e. The van der Waals surface area contributed by atoms with Crippen LogP contribution in [-0.4, -0.2) is 12.9 Å². The fraction of sp³-hybridized carbons (Fsp3) is 0.235. The molecule has 2 aromatic carbocycles. The topological polar surface area (TPSA) is 26.3 Å². The van der Waals surface area contributed by atoms with Gasteiger partial charge in [0, 0.05) is 5.56 Å². The Labute approximate surface area is 113 Å². The summed E-state index contributed by atoms with van der Waals surface area (Å²) in [6.07, 6.45) is 3.46. The van der Waals surface area contributed by atoms with Gasteiger partial charge in [-0.05, 0) is 48.1 Å². The Balaban J connectivity index is 1.82. The summed E-state index contributed by atoms with van der Waals surface area (Å²) < 4.78 is 5.78. The van der Waals surface area contributed by atoms with E-state index in [2.05, 4.69) is 0 Å². The van der Waals surface area contributed by atoms with Crippen LogP contribution in [0.2, 0.25) is 0 Å². The molecule has 0 atom stereocenters. The van der Waals surface area contributed by atoms with Gasteiger partial charge in [0.1, 0.15) is 12.0 Å². The van der Waals surface area contributed by atoms with Crippen LogP contribution < -0.4 is 4.74 Å². The minimum absolute atomic E-state index is 0.696. The Morgan fingerprint density at radius 2 is 1.79 bits per heavy atom. The van der Waals surface area contributed by atoms with Gasteiger partial charge >= 0.3 is 0 Å². The SMILES string of the molecule is O=Cc1cccc(-c2cccc(OCC3CC3)c2)c1. The third-order valence-electron chi connectivity index (χ3n) is 3.37. The molecular formula is C17H16O2. The normalized spacial score (nSPS) is 14.1. The number of hydrogen-bond acceptors (Lipinski definition) is 2. The van der Waals surface area contributed by atoms with Crippen LogP contribution >= 0.6 is 0 Å². The van der Waals surface area contributed by atoms with Crippen LogP contribution in [0.3, 0.4) is 0 Å². The van der Waals surface area contributed by atoms with Crippen molar-refractivity contribution in [2.24, 2.45) is 5.92 Å². The van der Waals surface area contributed by atoms with E-state index in [9.17, 15) is 4.79 Å². The van der Waals surface area contributed by atoms with Crippen LogP contribution in [0, 0.1) is 5.92 Å². The van der Waals surface area contributed by atoms with Crippen molar-refractivity contribution in [3.8, 4) is 16.9 Å². The van der Waals surface area contributed by atoms with Crippen LogP contribution in [0.25, 0.3) is 11.1 Å². The zero-order valence-corrected chi connectivity index (χ0v) is 10.7. The molecule has 2 heteroatoms. The number of rotatable bonds is 5. The van der Waals surface area contributed by atoms with Crippen LogP contribution in [0.15, 0.2) is 48.5 Å². The van der Waals surface area contributed by atoms with Gasteiger partial charge in [0.15, 0.2) is 0 Å². The quantitative estimate of drug-likeness (QED) is 0.753. The van der Waals surface area contributed by atoms with Gasteiger partial charge in [-0.3, -0.25) is 4.79 Å². The van der Waals surface area contributed by atoms with E-state index in [-0.39, 0.29) is 0 Å². The second-order valence-electron chi connectivity index (χ2n) is 5.03. The number of ether oxygens (including phenoxy) is 1. The third kappa shape index (κ3) is 3.02. The molecule has 0 amide bonds. The first-order valence-corrected chi connectivity index (χ1v) is 6.63. The summed E-state index contributed by atoms with van der Waals surface area (Å²) in [7, 11) is 0. The summed E-state index contributed by atoms with van der Waals surface area (Å²) in [6.45, 7) is 0.817. The first-order chi connectivity index (χ1) is 9.35. The predicted molar refractivity (Wildman–Crippen MR) is 75.5 cm³/mol. The number of benzene rings is 2. The standard InChI is InChI=1S/C17H16O2/c18-11-14-3-1-4-15(9-14)16-5-2-6-17(10-16)19-12-13-7-8-13/h1-6,9-11,13H,7-8,12H2. The monoisotopic (exact) mass is 252 g/mol. The van der Waals surface area contributed by atoms with Gasteiger partial charge in [0.05, 0.1) is 6.61 Å². The summed E-state index contributed by atoms with van der Waals surface area (Å²) in [6, 6.07) is 15.7. The second-order valence-corrected chi connectivity index (χ2v) is 5.03. The number of hydrogen-bond donors (Lipinski definition) is 0. The van der Waals surface area contributed by atoms with Crippen molar-refractivity contribution in [2.75, 3.05) is 6.61 Å². The van der Waals surface area contributed by atoms with Crippen molar-refractivity contribution in [3.63, 3.8) is 0 Å². The lowest BCUT2D eigenvalue weighted by Crippen LogP contribution is -1.98. The van der Waals surface area contributed by atoms with Gasteiger partial charge in [-0.1, -0.05) is 30.3 Å². The maximum atomic E-state index is 10.8. The zero-order chi connectivity index (χ0) is 13.1. The molecular weight excluding hydrogens is 236 g/mol. The molecule has 0 aromatic heterocycles. The van der Waals surface area contributed by atoms with Crippen molar-refractivity contribution in [1.82, 2.24) is 0 Å². The van der Waals surface area contributed by atoms with E-state index in [1.807, 2.05) is 48.5 Å². The average molecular weight is 252 g/mol. The van der Waals surface area contributed by atoms with Crippen molar-refractivity contribution in [1.29, 1.82) is 0 Å². The molecule has 2 nitrogen and oxygen atoms in total. The predicted octanol–water partition coefficient (Wildman–Crippen LogP) is 3.95. The van der Waals surface area contributed by atoms with E-state index in [1.165, 1.54) is 12.8 Å². The maximum absolute atomic E-state index is 10.8. The molecule has 1 aliphatic rings. The van der Waals surface area contributed by atoms with Gasteiger partial charge in [0.25, 0.3) is 0 Å². The molecule has 2 aromatic rings. The van der Waals surface area contributed by atoms with Gasteiger partial charge in [0.2, 0.25) is 0 Å². The van der Waals surface area contributed by atoms with Crippen LogP contribution in [-0.2, 0) is 0 Å². The lowest BCUT2D eigenvalue weighted by atomic mass is 10.0. The van der Waals surface area contributed by atoms with E-state index in [0.29, 0.717) is 5.56 Å². The smallest absolute Gasteiger partial charge is 0.150 e. The molecule has 0 aliphatic heterocycles. The Kier molecular flexibility index (Phi) is 3.32. The van der Waals surface area contributed by atoms with E-state index in [0.717, 1.165) is 35.7 Å². The molecule has 19 heavy (non-hydrogen) atoms. The van der Waals surface area contributed by atoms with E-state index in [1.54, 1.807) is 0 Å². The molecule has 0 radical (unpaired) electrons. The fourth-order valence-electron chi connectivity index (χ4n) is 2.06. The molecule has 0 N–H and O–H groups in total. The second kappa shape index (κ2) is 5.27. The van der Waals surface area contributed by atoms with Crippen LogP contribution in [0.1, 0.15) is 23.2 Å². The zero-order valence-electron chi connectivity index (χ0n) is 10.7. The number of aldehydes is 1. The molecule has 0 unspecified atom stereocenters. The van der Waals surface area contributed by atoms with Crippen LogP contribution in [0.5, 0.6) is 5.75 Å². The molecule has 3 rings (SSSR count). The van der Waals surface area contributed by atoms with Gasteiger partial charge in [-0.25, -0.2) is 0 Å². The summed E-state index contributed by atoms with van der Waals surface area (Å²) in [5.74, 6) is 1.66. The first kappa shape index (κ1) is 12.0. The van der Waals surface area contributed by atoms with Crippen molar-refractivity contribution >= 4 is 6.29 Å². The Bertz CT molecular complexity index is 585. The highest BCUT2D eigenvalue weighted by Crippen LogP contribution is 2.30. The average Bonchev–Trinajstić information content (AvgIpc) is 3.30. The van der Waals surface area contributed by atoms with Crippen molar-refractivity contribution in [3.05, 3.63) is 54.1 Å². The molecule has 0 heterocycles. The third-order valence-corrected chi connectivity index (χ3v) is 3.37. The highest BCUT2D eigenvalue weighted by Gasteiger charge is 2.21. The Morgan fingerprint density at radius 3 is 2.53 bits per heavy atom. The Morgan fingerprint density at radius 1 is 1.05 bits per heavy atom. The first-order valence-electron chi connectivity index (χ1n) is 6.63. The molecule has 0 spiro atoms. The van der Waals surface area contributed by atoms with Crippen LogP contribution in [0.4, 0.5) is 0 Å². The highest BCUT2D eigenvalue weighted by atomic mass is 16.5. The lowest BCUT2D eigenvalue weighted by Gasteiger charge is -2.08. The van der Waals surface area contributed by atoms with Gasteiger partial charge < -0.3 is 4.74 Å². The molecule has 0 saturated heterocycles.